The average molecular weight is 348 g/mol. The number of nitrogens with zero attached hydrogens (tertiary/aromatic N) is 1. The highest BCUT2D eigenvalue weighted by atomic mass is 35.5. The molecular formula is C13H14ClNO6S. The lowest BCUT2D eigenvalue weighted by Gasteiger charge is -2.21. The van der Waals surface area contributed by atoms with E-state index in [2.05, 4.69) is 4.74 Å². The summed E-state index contributed by atoms with van der Waals surface area (Å²) in [5, 5.41) is 8.96. The third kappa shape index (κ3) is 2.94. The van der Waals surface area contributed by atoms with Crippen molar-refractivity contribution in [3.05, 3.63) is 28.8 Å². The first-order valence-corrected chi connectivity index (χ1v) is 8.23. The molecule has 22 heavy (non-hydrogen) atoms. The number of hydrogen-bond acceptors (Lipinski definition) is 5. The molecule has 1 aromatic rings. The van der Waals surface area contributed by atoms with Gasteiger partial charge in [-0.2, -0.15) is 4.31 Å². The third-order valence-electron chi connectivity index (χ3n) is 3.43. The van der Waals surface area contributed by atoms with Gasteiger partial charge >= 0.3 is 11.9 Å². The summed E-state index contributed by atoms with van der Waals surface area (Å²) in [6.45, 7) is 0.119. The molecule has 0 saturated carbocycles. The smallest absolute Gasteiger partial charge is 0.337 e. The standard InChI is InChI=1S/C13H14ClNO6S/c1-21-13(18)8-4-5-11(9(14)7-8)22(19,20)15-6-2-3-10(15)12(16)17/h4-5,7,10H,2-3,6H2,1H3,(H,16,17)/t10-/m0/s1. The van der Waals surface area contributed by atoms with Crippen LogP contribution >= 0.6 is 11.6 Å². The van der Waals surface area contributed by atoms with Crippen molar-refractivity contribution in [1.82, 2.24) is 4.31 Å². The van der Waals surface area contributed by atoms with Gasteiger partial charge < -0.3 is 9.84 Å². The van der Waals surface area contributed by atoms with Crippen LogP contribution in [0, 0.1) is 0 Å². The number of carboxylic acids is 1. The van der Waals surface area contributed by atoms with Crippen molar-refractivity contribution >= 4 is 33.6 Å². The highest BCUT2D eigenvalue weighted by molar-refractivity contribution is 7.89. The van der Waals surface area contributed by atoms with E-state index in [0.717, 1.165) is 4.31 Å². The highest BCUT2D eigenvalue weighted by Gasteiger charge is 2.40. The molecule has 1 heterocycles. The molecule has 0 spiro atoms. The van der Waals surface area contributed by atoms with E-state index in [1.54, 1.807) is 0 Å². The van der Waals surface area contributed by atoms with E-state index in [9.17, 15) is 18.0 Å². The van der Waals surface area contributed by atoms with Gasteiger partial charge in [0.15, 0.2) is 0 Å². The van der Waals surface area contributed by atoms with Gasteiger partial charge in [0.25, 0.3) is 0 Å². The van der Waals surface area contributed by atoms with Crippen molar-refractivity contribution in [2.24, 2.45) is 0 Å². The monoisotopic (exact) mass is 347 g/mol. The Kier molecular flexibility index (Phi) is 4.74. The molecule has 1 N–H and O–H groups in total. The molecule has 0 aliphatic carbocycles. The summed E-state index contributed by atoms with van der Waals surface area (Å²) < 4.78 is 30.6. The summed E-state index contributed by atoms with van der Waals surface area (Å²) in [6, 6.07) is 2.55. The Balaban J connectivity index is 2.42. The van der Waals surface area contributed by atoms with Gasteiger partial charge in [-0.05, 0) is 31.0 Å². The number of carbonyl (C=O) groups is 2. The number of carbonyl (C=O) groups excluding carboxylic acids is 1. The summed E-state index contributed by atoms with van der Waals surface area (Å²) in [5.74, 6) is -1.83. The first-order valence-electron chi connectivity index (χ1n) is 6.41. The fraction of sp³-hybridized carbons (Fsp3) is 0.385. The van der Waals surface area contributed by atoms with Gasteiger partial charge in [-0.3, -0.25) is 4.79 Å². The van der Waals surface area contributed by atoms with E-state index < -0.39 is 28.0 Å². The summed E-state index contributed by atoms with van der Waals surface area (Å²) in [6.07, 6.45) is 0.723. The molecule has 0 amide bonds. The van der Waals surface area contributed by atoms with Crippen molar-refractivity contribution < 1.29 is 27.9 Å². The molecule has 0 bridgehead atoms. The Hall–Kier alpha value is -1.64. The number of halogens is 1. The SMILES string of the molecule is COC(=O)c1ccc(S(=O)(=O)N2CCC[C@H]2C(=O)O)c(Cl)c1. The van der Waals surface area contributed by atoms with E-state index in [0.29, 0.717) is 6.42 Å². The van der Waals surface area contributed by atoms with Crippen molar-refractivity contribution in [2.75, 3.05) is 13.7 Å². The van der Waals surface area contributed by atoms with Crippen molar-refractivity contribution in [1.29, 1.82) is 0 Å². The van der Waals surface area contributed by atoms with Crippen LogP contribution in [-0.4, -0.2) is 49.5 Å². The minimum Gasteiger partial charge on any atom is -0.480 e. The van der Waals surface area contributed by atoms with Crippen LogP contribution in [0.1, 0.15) is 23.2 Å². The van der Waals surface area contributed by atoms with Gasteiger partial charge in [0.05, 0.1) is 17.7 Å². The van der Waals surface area contributed by atoms with Crippen LogP contribution in [0.2, 0.25) is 5.02 Å². The minimum atomic E-state index is -4.04. The molecule has 7 nitrogen and oxygen atoms in total. The van der Waals surface area contributed by atoms with Gasteiger partial charge in [-0.15, -0.1) is 0 Å². The number of hydrogen-bond donors (Lipinski definition) is 1. The predicted octanol–water partition coefficient (Wildman–Crippen LogP) is 1.36. The third-order valence-corrected chi connectivity index (χ3v) is 5.82. The second-order valence-electron chi connectivity index (χ2n) is 4.75. The lowest BCUT2D eigenvalue weighted by molar-refractivity contribution is -0.140. The Morgan fingerprint density at radius 1 is 1.41 bits per heavy atom. The quantitative estimate of drug-likeness (QED) is 0.825. The second kappa shape index (κ2) is 6.23. The van der Waals surface area contributed by atoms with E-state index in [-0.39, 0.29) is 28.4 Å². The number of sulfonamides is 1. The first kappa shape index (κ1) is 16.7. The van der Waals surface area contributed by atoms with Crippen LogP contribution in [0.3, 0.4) is 0 Å². The number of methoxy groups -OCH3 is 1. The van der Waals surface area contributed by atoms with Crippen LogP contribution in [0.15, 0.2) is 23.1 Å². The summed E-state index contributed by atoms with van der Waals surface area (Å²) >= 11 is 5.96. The summed E-state index contributed by atoms with van der Waals surface area (Å²) in [7, 11) is -2.85. The maximum Gasteiger partial charge on any atom is 0.337 e. The number of rotatable bonds is 4. The second-order valence-corrected chi connectivity index (χ2v) is 7.01. The molecule has 1 aliphatic heterocycles. The fourth-order valence-electron chi connectivity index (χ4n) is 2.36. The van der Waals surface area contributed by atoms with Gasteiger partial charge in [0.1, 0.15) is 10.9 Å². The lowest BCUT2D eigenvalue weighted by Crippen LogP contribution is -2.40. The van der Waals surface area contributed by atoms with Crippen LogP contribution in [0.5, 0.6) is 0 Å². The topological polar surface area (TPSA) is 101 Å². The lowest BCUT2D eigenvalue weighted by atomic mass is 10.2. The summed E-state index contributed by atoms with van der Waals surface area (Å²) in [4.78, 5) is 22.3. The zero-order valence-electron chi connectivity index (χ0n) is 11.7. The molecule has 1 aliphatic rings. The molecule has 0 unspecified atom stereocenters. The van der Waals surface area contributed by atoms with Crippen molar-refractivity contribution in [3.8, 4) is 0 Å². The highest BCUT2D eigenvalue weighted by Crippen LogP contribution is 2.31. The van der Waals surface area contributed by atoms with E-state index in [1.807, 2.05) is 0 Å². The maximum atomic E-state index is 12.6. The normalized spacial score (nSPS) is 19.1. The molecular weight excluding hydrogens is 334 g/mol. The van der Waals surface area contributed by atoms with E-state index in [1.165, 1.54) is 25.3 Å². The molecule has 1 aromatic carbocycles. The number of aliphatic carboxylic acids is 1. The molecule has 0 aromatic heterocycles. The number of esters is 1. The zero-order valence-corrected chi connectivity index (χ0v) is 13.2. The average Bonchev–Trinajstić information content (AvgIpc) is 2.96. The number of ether oxygens (including phenoxy) is 1. The predicted molar refractivity (Wildman–Crippen MR) is 77.3 cm³/mol. The van der Waals surface area contributed by atoms with Crippen molar-refractivity contribution in [3.63, 3.8) is 0 Å². The Morgan fingerprint density at radius 2 is 2.09 bits per heavy atom. The Morgan fingerprint density at radius 3 is 2.64 bits per heavy atom. The van der Waals surface area contributed by atoms with Gasteiger partial charge in [-0.25, -0.2) is 13.2 Å². The van der Waals surface area contributed by atoms with Crippen molar-refractivity contribution in [2.45, 2.75) is 23.8 Å². The Bertz CT molecular complexity index is 717. The number of carboxylic acid groups (broad SMARTS) is 1. The molecule has 1 atom stereocenters. The first-order chi connectivity index (χ1) is 10.3. The largest absolute Gasteiger partial charge is 0.480 e. The molecule has 2 rings (SSSR count). The maximum absolute atomic E-state index is 12.6. The van der Waals surface area contributed by atoms with Gasteiger partial charge in [0, 0.05) is 6.54 Å². The van der Waals surface area contributed by atoms with Crippen LogP contribution in [-0.2, 0) is 19.6 Å². The summed E-state index contributed by atoms with van der Waals surface area (Å²) in [5.41, 5.74) is 0.114. The fourth-order valence-corrected chi connectivity index (χ4v) is 4.53. The van der Waals surface area contributed by atoms with Gasteiger partial charge in [0.2, 0.25) is 10.0 Å². The molecule has 120 valence electrons. The molecule has 1 fully saturated rings. The van der Waals surface area contributed by atoms with Crippen LogP contribution in [0.4, 0.5) is 0 Å². The van der Waals surface area contributed by atoms with E-state index in [4.69, 9.17) is 16.7 Å². The number of benzene rings is 1. The Labute approximate surface area is 132 Å². The van der Waals surface area contributed by atoms with Crippen LogP contribution in [0.25, 0.3) is 0 Å². The van der Waals surface area contributed by atoms with Crippen LogP contribution < -0.4 is 0 Å². The molecule has 0 radical (unpaired) electrons. The molecule has 1 saturated heterocycles. The molecule has 9 heteroatoms. The van der Waals surface area contributed by atoms with E-state index >= 15 is 0 Å². The zero-order chi connectivity index (χ0) is 16.5. The minimum absolute atomic E-state index is 0.114. The van der Waals surface area contributed by atoms with Gasteiger partial charge in [-0.1, -0.05) is 11.6 Å².